The minimum Gasteiger partial charge on any atom is -0.395 e. The van der Waals surface area contributed by atoms with E-state index in [0.29, 0.717) is 12.0 Å². The van der Waals surface area contributed by atoms with Gasteiger partial charge < -0.3 is 15.6 Å². The van der Waals surface area contributed by atoms with Crippen LogP contribution in [0.4, 0.5) is 0 Å². The monoisotopic (exact) mass is 159 g/mol. The standard InChI is InChI=1S/C8H17NO2/c1-6-4-7(2-3-11-6)8(9)5-10/h6-8,10H,2-5,9H2,1H3. The first-order valence-corrected chi connectivity index (χ1v) is 4.22. The average molecular weight is 159 g/mol. The van der Waals surface area contributed by atoms with Gasteiger partial charge in [-0.15, -0.1) is 0 Å². The first kappa shape index (κ1) is 8.97. The zero-order chi connectivity index (χ0) is 8.27. The molecule has 3 atom stereocenters. The Morgan fingerprint density at radius 1 is 1.73 bits per heavy atom. The lowest BCUT2D eigenvalue weighted by atomic mass is 9.90. The van der Waals surface area contributed by atoms with E-state index in [1.807, 2.05) is 0 Å². The second-order valence-electron chi connectivity index (χ2n) is 3.31. The fraction of sp³-hybridized carbons (Fsp3) is 1.00. The van der Waals surface area contributed by atoms with Gasteiger partial charge in [-0.05, 0) is 25.7 Å². The molecule has 3 unspecified atom stereocenters. The summed E-state index contributed by atoms with van der Waals surface area (Å²) in [5.41, 5.74) is 5.70. The molecule has 0 aromatic heterocycles. The van der Waals surface area contributed by atoms with Gasteiger partial charge in [0.05, 0.1) is 12.7 Å². The van der Waals surface area contributed by atoms with Gasteiger partial charge in [-0.25, -0.2) is 0 Å². The number of aliphatic hydroxyl groups excluding tert-OH is 1. The van der Waals surface area contributed by atoms with Gasteiger partial charge >= 0.3 is 0 Å². The second kappa shape index (κ2) is 4.04. The topological polar surface area (TPSA) is 55.5 Å². The maximum atomic E-state index is 8.81. The molecule has 1 rings (SSSR count). The van der Waals surface area contributed by atoms with E-state index in [1.165, 1.54) is 0 Å². The Balaban J connectivity index is 2.33. The van der Waals surface area contributed by atoms with Crippen LogP contribution in [0.2, 0.25) is 0 Å². The van der Waals surface area contributed by atoms with Crippen molar-refractivity contribution in [2.45, 2.75) is 31.9 Å². The Hall–Kier alpha value is -0.120. The van der Waals surface area contributed by atoms with Crippen LogP contribution in [0, 0.1) is 5.92 Å². The molecule has 1 saturated heterocycles. The number of ether oxygens (including phenoxy) is 1. The van der Waals surface area contributed by atoms with Gasteiger partial charge in [0.1, 0.15) is 0 Å². The molecular weight excluding hydrogens is 142 g/mol. The largest absolute Gasteiger partial charge is 0.395 e. The van der Waals surface area contributed by atoms with Crippen LogP contribution >= 0.6 is 0 Å². The van der Waals surface area contributed by atoms with Gasteiger partial charge in [-0.3, -0.25) is 0 Å². The van der Waals surface area contributed by atoms with Crippen molar-refractivity contribution in [2.75, 3.05) is 13.2 Å². The van der Waals surface area contributed by atoms with E-state index in [2.05, 4.69) is 6.92 Å². The minimum atomic E-state index is -0.0543. The molecule has 0 amide bonds. The van der Waals surface area contributed by atoms with Crippen molar-refractivity contribution in [3.63, 3.8) is 0 Å². The summed E-state index contributed by atoms with van der Waals surface area (Å²) in [6.45, 7) is 2.94. The molecule has 66 valence electrons. The third-order valence-electron chi connectivity index (χ3n) is 2.34. The molecule has 3 N–H and O–H groups in total. The van der Waals surface area contributed by atoms with E-state index in [-0.39, 0.29) is 12.6 Å². The van der Waals surface area contributed by atoms with Crippen LogP contribution < -0.4 is 5.73 Å². The van der Waals surface area contributed by atoms with Crippen molar-refractivity contribution in [2.24, 2.45) is 11.7 Å². The zero-order valence-corrected chi connectivity index (χ0v) is 6.99. The summed E-state index contributed by atoms with van der Waals surface area (Å²) < 4.78 is 5.37. The molecule has 0 radical (unpaired) electrons. The molecular formula is C8H17NO2. The molecule has 3 heteroatoms. The lowest BCUT2D eigenvalue weighted by molar-refractivity contribution is -0.00752. The molecule has 0 aromatic carbocycles. The minimum absolute atomic E-state index is 0.0543. The predicted octanol–water partition coefficient (Wildman–Crippen LogP) is 0.121. The number of hydrogen-bond donors (Lipinski definition) is 2. The summed E-state index contributed by atoms with van der Waals surface area (Å²) in [4.78, 5) is 0. The molecule has 0 aliphatic carbocycles. The van der Waals surface area contributed by atoms with Gasteiger partial charge in [0, 0.05) is 12.6 Å². The fourth-order valence-corrected chi connectivity index (χ4v) is 1.57. The molecule has 0 aromatic rings. The Morgan fingerprint density at radius 2 is 2.45 bits per heavy atom. The normalized spacial score (nSPS) is 35.2. The molecule has 1 aliphatic rings. The van der Waals surface area contributed by atoms with Gasteiger partial charge in [-0.1, -0.05) is 0 Å². The molecule has 0 bridgehead atoms. The van der Waals surface area contributed by atoms with Crippen LogP contribution in [-0.4, -0.2) is 30.5 Å². The smallest absolute Gasteiger partial charge is 0.0585 e. The van der Waals surface area contributed by atoms with Gasteiger partial charge in [0.25, 0.3) is 0 Å². The second-order valence-corrected chi connectivity index (χ2v) is 3.31. The Morgan fingerprint density at radius 3 is 3.00 bits per heavy atom. The van der Waals surface area contributed by atoms with Crippen molar-refractivity contribution in [3.05, 3.63) is 0 Å². The maximum absolute atomic E-state index is 8.81. The number of nitrogens with two attached hydrogens (primary N) is 1. The molecule has 1 aliphatic heterocycles. The quantitative estimate of drug-likeness (QED) is 0.601. The van der Waals surface area contributed by atoms with Crippen molar-refractivity contribution in [1.82, 2.24) is 0 Å². The SMILES string of the molecule is CC1CC(C(N)CO)CCO1. The summed E-state index contributed by atoms with van der Waals surface area (Å²) >= 11 is 0. The van der Waals surface area contributed by atoms with E-state index in [9.17, 15) is 0 Å². The summed E-state index contributed by atoms with van der Waals surface area (Å²) in [7, 11) is 0. The third kappa shape index (κ3) is 2.43. The van der Waals surface area contributed by atoms with Gasteiger partial charge in [0.15, 0.2) is 0 Å². The third-order valence-corrected chi connectivity index (χ3v) is 2.34. The van der Waals surface area contributed by atoms with E-state index in [0.717, 1.165) is 19.4 Å². The predicted molar refractivity (Wildman–Crippen MR) is 43.2 cm³/mol. The van der Waals surface area contributed by atoms with E-state index in [1.54, 1.807) is 0 Å². The first-order valence-electron chi connectivity index (χ1n) is 4.22. The van der Waals surface area contributed by atoms with Crippen LogP contribution in [0.1, 0.15) is 19.8 Å². The number of aliphatic hydroxyl groups is 1. The number of hydrogen-bond acceptors (Lipinski definition) is 3. The van der Waals surface area contributed by atoms with Crippen molar-refractivity contribution >= 4 is 0 Å². The van der Waals surface area contributed by atoms with Crippen LogP contribution in [-0.2, 0) is 4.74 Å². The van der Waals surface area contributed by atoms with E-state index >= 15 is 0 Å². The molecule has 0 spiro atoms. The Kier molecular flexibility index (Phi) is 3.30. The highest BCUT2D eigenvalue weighted by Crippen LogP contribution is 2.21. The van der Waals surface area contributed by atoms with Crippen LogP contribution in [0.3, 0.4) is 0 Å². The summed E-state index contributed by atoms with van der Waals surface area (Å²) in [5.74, 6) is 0.448. The molecule has 3 nitrogen and oxygen atoms in total. The van der Waals surface area contributed by atoms with Crippen LogP contribution in [0.25, 0.3) is 0 Å². The number of rotatable bonds is 2. The van der Waals surface area contributed by atoms with Crippen molar-refractivity contribution in [1.29, 1.82) is 0 Å². The van der Waals surface area contributed by atoms with E-state index in [4.69, 9.17) is 15.6 Å². The van der Waals surface area contributed by atoms with Crippen LogP contribution in [0.5, 0.6) is 0 Å². The average Bonchev–Trinajstić information content (AvgIpc) is 2.03. The lowest BCUT2D eigenvalue weighted by Crippen LogP contribution is -2.39. The van der Waals surface area contributed by atoms with E-state index < -0.39 is 0 Å². The maximum Gasteiger partial charge on any atom is 0.0585 e. The van der Waals surface area contributed by atoms with Crippen LogP contribution in [0.15, 0.2) is 0 Å². The molecule has 1 fully saturated rings. The van der Waals surface area contributed by atoms with Crippen molar-refractivity contribution in [3.8, 4) is 0 Å². The highest BCUT2D eigenvalue weighted by Gasteiger charge is 2.23. The van der Waals surface area contributed by atoms with Crippen molar-refractivity contribution < 1.29 is 9.84 Å². The lowest BCUT2D eigenvalue weighted by Gasteiger charge is -2.30. The molecule has 11 heavy (non-hydrogen) atoms. The Labute approximate surface area is 67.5 Å². The first-order chi connectivity index (χ1) is 5.24. The highest BCUT2D eigenvalue weighted by molar-refractivity contribution is 4.77. The fourth-order valence-electron chi connectivity index (χ4n) is 1.57. The van der Waals surface area contributed by atoms with Gasteiger partial charge in [-0.2, -0.15) is 0 Å². The highest BCUT2D eigenvalue weighted by atomic mass is 16.5. The zero-order valence-electron chi connectivity index (χ0n) is 6.99. The Bertz CT molecular complexity index is 119. The van der Waals surface area contributed by atoms with Gasteiger partial charge in [0.2, 0.25) is 0 Å². The summed E-state index contributed by atoms with van der Waals surface area (Å²) in [6.07, 6.45) is 2.29. The summed E-state index contributed by atoms with van der Waals surface area (Å²) in [6, 6.07) is -0.0543. The molecule has 1 heterocycles. The molecule has 0 saturated carbocycles. The summed E-state index contributed by atoms with van der Waals surface area (Å²) in [5, 5.41) is 8.81.